The van der Waals surface area contributed by atoms with Crippen LogP contribution in [0, 0.1) is 0 Å². The van der Waals surface area contributed by atoms with E-state index in [0.717, 1.165) is 17.7 Å². The number of esters is 4. The van der Waals surface area contributed by atoms with Crippen molar-refractivity contribution in [3.05, 3.63) is 48.0 Å². The third-order valence-corrected chi connectivity index (χ3v) is 2.83. The van der Waals surface area contributed by atoms with Gasteiger partial charge in [0.05, 0.1) is 19.6 Å². The molecule has 0 spiro atoms. The van der Waals surface area contributed by atoms with E-state index in [1.54, 1.807) is 31.2 Å². The maximum absolute atomic E-state index is 11.6. The Balaban J connectivity index is 2.17. The molecule has 1 aromatic rings. The van der Waals surface area contributed by atoms with Crippen LogP contribution in [0.3, 0.4) is 0 Å². The molecule has 0 unspecified atom stereocenters. The van der Waals surface area contributed by atoms with Gasteiger partial charge in [0.2, 0.25) is 0 Å². The predicted octanol–water partition coefficient (Wildman–Crippen LogP) is 1.74. The molecule has 1 rings (SSSR count). The molecule has 7 nitrogen and oxygen atoms in total. The maximum Gasteiger partial charge on any atom is 0.331 e. The van der Waals surface area contributed by atoms with Crippen LogP contribution in [0.5, 0.6) is 0 Å². The molecule has 0 atom stereocenters. The molecule has 0 N–H and O–H groups in total. The topological polar surface area (TPSA) is 96.0 Å². The predicted molar refractivity (Wildman–Crippen MR) is 87.2 cm³/mol. The normalized spacial score (nSPS) is 10.3. The van der Waals surface area contributed by atoms with Gasteiger partial charge in [0.25, 0.3) is 0 Å². The van der Waals surface area contributed by atoms with Crippen LogP contribution in [0.1, 0.15) is 25.3 Å². The van der Waals surface area contributed by atoms with Crippen LogP contribution in [-0.2, 0) is 39.8 Å². The van der Waals surface area contributed by atoms with Gasteiger partial charge >= 0.3 is 23.9 Å². The van der Waals surface area contributed by atoms with E-state index in [1.165, 1.54) is 0 Å². The van der Waals surface area contributed by atoms with Gasteiger partial charge in [-0.1, -0.05) is 30.3 Å². The van der Waals surface area contributed by atoms with Gasteiger partial charge in [0.15, 0.2) is 0 Å². The number of hydrogen-bond donors (Lipinski definition) is 0. The van der Waals surface area contributed by atoms with Crippen molar-refractivity contribution in [2.45, 2.75) is 26.2 Å². The van der Waals surface area contributed by atoms with Crippen LogP contribution >= 0.6 is 0 Å². The molecule has 25 heavy (non-hydrogen) atoms. The number of rotatable bonds is 9. The fourth-order valence-electron chi connectivity index (χ4n) is 1.74. The Morgan fingerprint density at radius 1 is 0.920 bits per heavy atom. The molecule has 0 aromatic heterocycles. The Labute approximate surface area is 145 Å². The number of carbonyl (C=O) groups excluding carboxylic acids is 4. The van der Waals surface area contributed by atoms with Gasteiger partial charge in [-0.15, -0.1) is 0 Å². The molecule has 0 aliphatic carbocycles. The highest BCUT2D eigenvalue weighted by molar-refractivity contribution is 5.91. The SMILES string of the molecule is CCOC(=O)/C=C\C(=O)OCCCC(=O)OC(=O)Cc1ccccc1. The summed E-state index contributed by atoms with van der Waals surface area (Å²) in [6, 6.07) is 8.91. The first-order chi connectivity index (χ1) is 12.0. The van der Waals surface area contributed by atoms with E-state index in [0.29, 0.717) is 0 Å². The van der Waals surface area contributed by atoms with Crippen molar-refractivity contribution in [1.29, 1.82) is 0 Å². The van der Waals surface area contributed by atoms with E-state index in [2.05, 4.69) is 9.47 Å². The smallest absolute Gasteiger partial charge is 0.331 e. The first-order valence-corrected chi connectivity index (χ1v) is 7.80. The largest absolute Gasteiger partial charge is 0.463 e. The molecular weight excluding hydrogens is 328 g/mol. The molecule has 1 aromatic carbocycles. The average Bonchev–Trinajstić information content (AvgIpc) is 2.58. The third-order valence-electron chi connectivity index (χ3n) is 2.83. The number of ether oxygens (including phenoxy) is 3. The van der Waals surface area contributed by atoms with E-state index in [-0.39, 0.29) is 32.5 Å². The monoisotopic (exact) mass is 348 g/mol. The molecule has 0 saturated carbocycles. The second kappa shape index (κ2) is 11.6. The lowest BCUT2D eigenvalue weighted by Crippen LogP contribution is -2.15. The Morgan fingerprint density at radius 3 is 2.20 bits per heavy atom. The Hall–Kier alpha value is -2.96. The Morgan fingerprint density at radius 2 is 1.56 bits per heavy atom. The minimum atomic E-state index is -0.721. The van der Waals surface area contributed by atoms with Crippen molar-refractivity contribution in [2.24, 2.45) is 0 Å². The van der Waals surface area contributed by atoms with Crippen LogP contribution in [0.15, 0.2) is 42.5 Å². The zero-order valence-electron chi connectivity index (χ0n) is 13.9. The Bertz CT molecular complexity index is 620. The van der Waals surface area contributed by atoms with Crippen LogP contribution in [0.2, 0.25) is 0 Å². The Kier molecular flexibility index (Phi) is 9.28. The summed E-state index contributed by atoms with van der Waals surface area (Å²) in [6.45, 7) is 1.82. The minimum Gasteiger partial charge on any atom is -0.463 e. The summed E-state index contributed by atoms with van der Waals surface area (Å²) in [4.78, 5) is 45.4. The van der Waals surface area contributed by atoms with Gasteiger partial charge in [0.1, 0.15) is 0 Å². The quantitative estimate of drug-likeness (QED) is 0.220. The highest BCUT2D eigenvalue weighted by atomic mass is 16.6. The molecular formula is C18H20O7. The maximum atomic E-state index is 11.6. The molecule has 134 valence electrons. The van der Waals surface area contributed by atoms with Crippen molar-refractivity contribution in [3.63, 3.8) is 0 Å². The summed E-state index contributed by atoms with van der Waals surface area (Å²) in [5.74, 6) is -2.67. The highest BCUT2D eigenvalue weighted by Gasteiger charge is 2.11. The van der Waals surface area contributed by atoms with Crippen molar-refractivity contribution in [3.8, 4) is 0 Å². The highest BCUT2D eigenvalue weighted by Crippen LogP contribution is 2.02. The van der Waals surface area contributed by atoms with Crippen LogP contribution in [-0.4, -0.2) is 37.1 Å². The first kappa shape index (κ1) is 20.1. The number of benzene rings is 1. The summed E-state index contributed by atoms with van der Waals surface area (Å²) >= 11 is 0. The average molecular weight is 348 g/mol. The van der Waals surface area contributed by atoms with Crippen molar-refractivity contribution in [1.82, 2.24) is 0 Å². The second-order valence-electron chi connectivity index (χ2n) is 4.86. The molecule has 7 heteroatoms. The van der Waals surface area contributed by atoms with Gasteiger partial charge in [-0.05, 0) is 18.9 Å². The summed E-state index contributed by atoms with van der Waals surface area (Å²) in [6.07, 6.45) is 2.06. The van der Waals surface area contributed by atoms with E-state index in [4.69, 9.17) is 4.74 Å². The van der Waals surface area contributed by atoms with Gasteiger partial charge in [-0.25, -0.2) is 9.59 Å². The molecule has 0 saturated heterocycles. The van der Waals surface area contributed by atoms with Crippen LogP contribution in [0.25, 0.3) is 0 Å². The summed E-state index contributed by atoms with van der Waals surface area (Å²) < 4.78 is 14.1. The summed E-state index contributed by atoms with van der Waals surface area (Å²) in [7, 11) is 0. The van der Waals surface area contributed by atoms with Gasteiger partial charge < -0.3 is 14.2 Å². The fourth-order valence-corrected chi connectivity index (χ4v) is 1.74. The molecule has 0 amide bonds. The van der Waals surface area contributed by atoms with Crippen molar-refractivity contribution >= 4 is 23.9 Å². The van der Waals surface area contributed by atoms with E-state index in [9.17, 15) is 19.2 Å². The third kappa shape index (κ3) is 9.70. The number of carbonyl (C=O) groups is 4. The molecule has 0 heterocycles. The van der Waals surface area contributed by atoms with E-state index in [1.807, 2.05) is 6.07 Å². The van der Waals surface area contributed by atoms with Crippen LogP contribution < -0.4 is 0 Å². The van der Waals surface area contributed by atoms with Gasteiger partial charge in [0, 0.05) is 18.6 Å². The summed E-state index contributed by atoms with van der Waals surface area (Å²) in [5.41, 5.74) is 0.752. The van der Waals surface area contributed by atoms with E-state index < -0.39 is 23.9 Å². The standard InChI is InChI=1S/C18H20O7/c1-2-23-15(19)10-11-16(20)24-12-6-9-17(21)25-18(22)13-14-7-4-3-5-8-14/h3-5,7-8,10-11H,2,6,9,12-13H2,1H3/b11-10-. The minimum absolute atomic E-state index is 0.0141. The van der Waals surface area contributed by atoms with Gasteiger partial charge in [-0.3, -0.25) is 9.59 Å². The molecule has 0 aliphatic rings. The zero-order chi connectivity index (χ0) is 18.5. The zero-order valence-corrected chi connectivity index (χ0v) is 13.9. The van der Waals surface area contributed by atoms with Crippen molar-refractivity contribution in [2.75, 3.05) is 13.2 Å². The first-order valence-electron chi connectivity index (χ1n) is 7.80. The van der Waals surface area contributed by atoms with Crippen LogP contribution in [0.4, 0.5) is 0 Å². The lowest BCUT2D eigenvalue weighted by Gasteiger charge is -2.04. The van der Waals surface area contributed by atoms with Crippen molar-refractivity contribution < 1.29 is 33.4 Å². The van der Waals surface area contributed by atoms with Gasteiger partial charge in [-0.2, -0.15) is 0 Å². The van der Waals surface area contributed by atoms with E-state index >= 15 is 0 Å². The second-order valence-corrected chi connectivity index (χ2v) is 4.86. The molecule has 0 fully saturated rings. The molecule has 0 bridgehead atoms. The molecule has 0 radical (unpaired) electrons. The molecule has 0 aliphatic heterocycles. The lowest BCUT2D eigenvalue weighted by molar-refractivity contribution is -0.159. The fraction of sp³-hybridized carbons (Fsp3) is 0.333. The summed E-state index contributed by atoms with van der Waals surface area (Å²) in [5, 5.41) is 0. The lowest BCUT2D eigenvalue weighted by atomic mass is 10.2. The number of hydrogen-bond acceptors (Lipinski definition) is 7.